The molecule has 190 valence electrons. The van der Waals surface area contributed by atoms with Gasteiger partial charge in [-0.2, -0.15) is 4.31 Å². The van der Waals surface area contributed by atoms with Crippen molar-refractivity contribution in [3.63, 3.8) is 0 Å². The summed E-state index contributed by atoms with van der Waals surface area (Å²) >= 11 is 0. The number of fused-ring (bicyclic) bond motifs is 1. The van der Waals surface area contributed by atoms with Crippen molar-refractivity contribution in [2.45, 2.75) is 43.2 Å². The van der Waals surface area contributed by atoms with E-state index in [1.165, 1.54) is 11.2 Å². The van der Waals surface area contributed by atoms with Gasteiger partial charge in [-0.3, -0.25) is 9.59 Å². The fourth-order valence-corrected chi connectivity index (χ4v) is 6.33. The van der Waals surface area contributed by atoms with Crippen molar-refractivity contribution < 1.29 is 22.7 Å². The molecule has 0 bridgehead atoms. The van der Waals surface area contributed by atoms with E-state index >= 15 is 0 Å². The molecule has 2 amide bonds. The highest BCUT2D eigenvalue weighted by molar-refractivity contribution is 7.89. The van der Waals surface area contributed by atoms with E-state index in [2.05, 4.69) is 10.6 Å². The van der Waals surface area contributed by atoms with E-state index in [0.29, 0.717) is 42.0 Å². The van der Waals surface area contributed by atoms with Crippen LogP contribution >= 0.6 is 0 Å². The largest absolute Gasteiger partial charge is 0.496 e. The molecule has 0 saturated carbocycles. The van der Waals surface area contributed by atoms with Crippen LogP contribution in [0.1, 0.15) is 25.3 Å². The Morgan fingerprint density at radius 3 is 2.39 bits per heavy atom. The van der Waals surface area contributed by atoms with Gasteiger partial charge in [0.05, 0.1) is 12.0 Å². The third-order valence-corrected chi connectivity index (χ3v) is 8.44. The van der Waals surface area contributed by atoms with Gasteiger partial charge in [0, 0.05) is 37.9 Å². The van der Waals surface area contributed by atoms with Crippen LogP contribution in [-0.2, 0) is 26.0 Å². The predicted molar refractivity (Wildman–Crippen MR) is 138 cm³/mol. The summed E-state index contributed by atoms with van der Waals surface area (Å²) in [7, 11) is -2.11. The van der Waals surface area contributed by atoms with Crippen LogP contribution in [0.4, 0.5) is 0 Å². The Kier molecular flexibility index (Phi) is 7.91. The van der Waals surface area contributed by atoms with Crippen molar-refractivity contribution in [2.75, 3.05) is 20.2 Å². The van der Waals surface area contributed by atoms with Crippen LogP contribution < -0.4 is 15.4 Å². The van der Waals surface area contributed by atoms with Crippen LogP contribution in [0.2, 0.25) is 0 Å². The SMILES string of the molecule is COc1ccccc1CC(NC(C)=O)C(=O)NC1CCN(S(=O)(=O)c2cccc3ccccc23)CC1. The molecule has 1 saturated heterocycles. The van der Waals surface area contributed by atoms with E-state index in [9.17, 15) is 18.0 Å². The minimum absolute atomic E-state index is 0.189. The molecule has 3 aromatic rings. The smallest absolute Gasteiger partial charge is 0.243 e. The van der Waals surface area contributed by atoms with Crippen molar-refractivity contribution >= 4 is 32.6 Å². The minimum Gasteiger partial charge on any atom is -0.496 e. The summed E-state index contributed by atoms with van der Waals surface area (Å²) in [4.78, 5) is 25.2. The third-order valence-electron chi connectivity index (χ3n) is 6.48. The number of carbonyl (C=O) groups is 2. The van der Waals surface area contributed by atoms with Crippen molar-refractivity contribution in [3.8, 4) is 5.75 Å². The predicted octanol–water partition coefficient (Wildman–Crippen LogP) is 2.87. The maximum Gasteiger partial charge on any atom is 0.243 e. The lowest BCUT2D eigenvalue weighted by molar-refractivity contribution is -0.128. The summed E-state index contributed by atoms with van der Waals surface area (Å²) in [6.07, 6.45) is 1.25. The van der Waals surface area contributed by atoms with E-state index in [1.807, 2.05) is 54.6 Å². The summed E-state index contributed by atoms with van der Waals surface area (Å²) in [5.74, 6) is 0.0418. The second kappa shape index (κ2) is 11.1. The first-order valence-corrected chi connectivity index (χ1v) is 13.4. The number of hydrogen-bond donors (Lipinski definition) is 2. The van der Waals surface area contributed by atoms with Crippen LogP contribution in [-0.4, -0.2) is 56.8 Å². The van der Waals surface area contributed by atoms with E-state index in [-0.39, 0.29) is 24.3 Å². The molecule has 1 atom stereocenters. The molecule has 0 aliphatic carbocycles. The molecule has 0 aromatic heterocycles. The Bertz CT molecular complexity index is 1350. The maximum atomic E-state index is 13.4. The lowest BCUT2D eigenvalue weighted by atomic mass is 10.0. The van der Waals surface area contributed by atoms with Crippen LogP contribution in [0, 0.1) is 0 Å². The minimum atomic E-state index is -3.67. The second-order valence-electron chi connectivity index (χ2n) is 8.93. The molecule has 1 unspecified atom stereocenters. The number of amides is 2. The Morgan fingerprint density at radius 1 is 1.00 bits per heavy atom. The number of methoxy groups -OCH3 is 1. The molecule has 0 radical (unpaired) electrons. The molecule has 4 rings (SSSR count). The van der Waals surface area contributed by atoms with Gasteiger partial charge in [-0.1, -0.05) is 54.6 Å². The van der Waals surface area contributed by atoms with Crippen molar-refractivity contribution in [2.24, 2.45) is 0 Å². The second-order valence-corrected chi connectivity index (χ2v) is 10.8. The van der Waals surface area contributed by atoms with Gasteiger partial charge in [0.1, 0.15) is 11.8 Å². The topological polar surface area (TPSA) is 105 Å². The van der Waals surface area contributed by atoms with Crippen LogP contribution in [0.5, 0.6) is 5.75 Å². The van der Waals surface area contributed by atoms with Gasteiger partial charge in [0.2, 0.25) is 21.8 Å². The fourth-order valence-electron chi connectivity index (χ4n) is 4.65. The molecule has 1 aliphatic rings. The first-order valence-electron chi connectivity index (χ1n) is 12.0. The maximum absolute atomic E-state index is 13.4. The fraction of sp³-hybridized carbons (Fsp3) is 0.333. The van der Waals surface area contributed by atoms with Gasteiger partial charge < -0.3 is 15.4 Å². The zero-order chi connectivity index (χ0) is 25.7. The number of benzene rings is 3. The zero-order valence-corrected chi connectivity index (χ0v) is 21.3. The quantitative estimate of drug-likeness (QED) is 0.486. The average Bonchev–Trinajstić information content (AvgIpc) is 2.88. The highest BCUT2D eigenvalue weighted by Crippen LogP contribution is 2.27. The lowest BCUT2D eigenvalue weighted by Gasteiger charge is -2.32. The van der Waals surface area contributed by atoms with E-state index in [1.54, 1.807) is 19.2 Å². The molecule has 8 nitrogen and oxygen atoms in total. The molecule has 0 spiro atoms. The van der Waals surface area contributed by atoms with Gasteiger partial charge in [-0.15, -0.1) is 0 Å². The van der Waals surface area contributed by atoms with Crippen LogP contribution in [0.15, 0.2) is 71.6 Å². The normalized spacial score (nSPS) is 15.8. The van der Waals surface area contributed by atoms with Crippen LogP contribution in [0.3, 0.4) is 0 Å². The third kappa shape index (κ3) is 5.68. The van der Waals surface area contributed by atoms with Crippen molar-refractivity contribution in [3.05, 3.63) is 72.3 Å². The number of nitrogens with one attached hydrogen (secondary N) is 2. The Balaban J connectivity index is 1.42. The van der Waals surface area contributed by atoms with E-state index < -0.39 is 16.1 Å². The van der Waals surface area contributed by atoms with Gasteiger partial charge in [-0.25, -0.2) is 8.42 Å². The zero-order valence-electron chi connectivity index (χ0n) is 20.4. The Hall–Kier alpha value is -3.43. The standard InChI is InChI=1S/C27H31N3O5S/c1-19(31)28-24(18-21-9-4-6-12-25(21)35-2)27(32)29-22-14-16-30(17-15-22)36(33,34)26-13-7-10-20-8-3-5-11-23(20)26/h3-13,22,24H,14-18H2,1-2H3,(H,28,31)(H,29,32). The summed E-state index contributed by atoms with van der Waals surface area (Å²) < 4.78 is 33.7. The molecule has 1 heterocycles. The monoisotopic (exact) mass is 509 g/mol. The number of para-hydroxylation sites is 1. The summed E-state index contributed by atoms with van der Waals surface area (Å²) in [6.45, 7) is 1.97. The summed E-state index contributed by atoms with van der Waals surface area (Å²) in [6, 6.07) is 19.1. The Morgan fingerprint density at radius 2 is 1.67 bits per heavy atom. The number of nitrogens with zero attached hydrogens (tertiary/aromatic N) is 1. The molecular formula is C27H31N3O5S. The van der Waals surface area contributed by atoms with Crippen molar-refractivity contribution in [1.82, 2.24) is 14.9 Å². The average molecular weight is 510 g/mol. The first kappa shape index (κ1) is 25.7. The molecular weight excluding hydrogens is 478 g/mol. The number of sulfonamides is 1. The van der Waals surface area contributed by atoms with Gasteiger partial charge in [0.15, 0.2) is 0 Å². The van der Waals surface area contributed by atoms with Gasteiger partial charge in [0.25, 0.3) is 0 Å². The number of carbonyl (C=O) groups excluding carboxylic acids is 2. The molecule has 3 aromatic carbocycles. The molecule has 2 N–H and O–H groups in total. The van der Waals surface area contributed by atoms with E-state index in [0.717, 1.165) is 10.9 Å². The Labute approximate surface area is 211 Å². The number of rotatable bonds is 8. The summed E-state index contributed by atoms with van der Waals surface area (Å²) in [5, 5.41) is 7.31. The molecule has 1 aliphatic heterocycles. The van der Waals surface area contributed by atoms with Gasteiger partial charge >= 0.3 is 0 Å². The van der Waals surface area contributed by atoms with Crippen LogP contribution in [0.25, 0.3) is 10.8 Å². The number of hydrogen-bond acceptors (Lipinski definition) is 5. The highest BCUT2D eigenvalue weighted by atomic mass is 32.2. The highest BCUT2D eigenvalue weighted by Gasteiger charge is 2.32. The van der Waals surface area contributed by atoms with Gasteiger partial charge in [-0.05, 0) is 35.9 Å². The molecule has 9 heteroatoms. The number of ether oxygens (including phenoxy) is 1. The van der Waals surface area contributed by atoms with E-state index in [4.69, 9.17) is 4.74 Å². The molecule has 1 fully saturated rings. The first-order chi connectivity index (χ1) is 17.3. The molecule has 36 heavy (non-hydrogen) atoms. The summed E-state index contributed by atoms with van der Waals surface area (Å²) in [5.41, 5.74) is 0.810. The lowest BCUT2D eigenvalue weighted by Crippen LogP contribution is -2.53. The van der Waals surface area contributed by atoms with Crippen molar-refractivity contribution in [1.29, 1.82) is 0 Å². The number of piperidine rings is 1.